The Bertz CT molecular complexity index is 2690. The van der Waals surface area contributed by atoms with Gasteiger partial charge in [-0.25, -0.2) is 0 Å². The second kappa shape index (κ2) is 10.9. The lowest BCUT2D eigenvalue weighted by Gasteiger charge is -2.22. The average molecular weight is 638 g/mol. The summed E-state index contributed by atoms with van der Waals surface area (Å²) in [7, 11) is 0. The SMILES string of the molecule is CC1(C)c2cc3ccccc3cc2-c2cc3c4ccccc4n(-c4ccc(-c5cc(-c6ccccc6)cc(-c6ccccc6)c5)cc4)c3cc21. The lowest BCUT2D eigenvalue weighted by molar-refractivity contribution is 0.662. The minimum Gasteiger partial charge on any atom is -0.309 e. The van der Waals surface area contributed by atoms with E-state index in [0.29, 0.717) is 0 Å². The molecule has 0 amide bonds. The van der Waals surface area contributed by atoms with Gasteiger partial charge in [-0.1, -0.05) is 129 Å². The molecule has 0 saturated heterocycles. The van der Waals surface area contributed by atoms with Gasteiger partial charge in [0.15, 0.2) is 0 Å². The highest BCUT2D eigenvalue weighted by Gasteiger charge is 2.36. The molecule has 236 valence electrons. The summed E-state index contributed by atoms with van der Waals surface area (Å²) < 4.78 is 2.46. The van der Waals surface area contributed by atoms with E-state index in [0.717, 1.165) is 0 Å². The number of aromatic nitrogens is 1. The van der Waals surface area contributed by atoms with Crippen molar-refractivity contribution in [2.24, 2.45) is 0 Å². The molecule has 0 radical (unpaired) electrons. The van der Waals surface area contributed by atoms with Gasteiger partial charge in [0, 0.05) is 21.9 Å². The Morgan fingerprint density at radius 3 is 1.50 bits per heavy atom. The summed E-state index contributed by atoms with van der Waals surface area (Å²) in [6.45, 7) is 4.76. The Labute approximate surface area is 292 Å². The Balaban J connectivity index is 1.13. The zero-order chi connectivity index (χ0) is 33.4. The molecule has 8 aromatic carbocycles. The molecule has 1 aliphatic rings. The van der Waals surface area contributed by atoms with Gasteiger partial charge < -0.3 is 4.57 Å². The molecular formula is C49H35N. The Kier molecular flexibility index (Phi) is 6.29. The van der Waals surface area contributed by atoms with Crippen LogP contribution in [0.25, 0.3) is 82.8 Å². The van der Waals surface area contributed by atoms with Gasteiger partial charge in [0.1, 0.15) is 0 Å². The number of fused-ring (bicyclic) bond motifs is 7. The van der Waals surface area contributed by atoms with E-state index in [4.69, 9.17) is 0 Å². The van der Waals surface area contributed by atoms with Crippen molar-refractivity contribution >= 4 is 32.6 Å². The Hall–Kier alpha value is -6.18. The summed E-state index contributed by atoms with van der Waals surface area (Å²) in [5.41, 5.74) is 16.4. The van der Waals surface area contributed by atoms with Crippen LogP contribution < -0.4 is 0 Å². The maximum atomic E-state index is 2.47. The standard InChI is InChI=1S/C49H35N/c1-49(2)45-29-36-18-10-9-17-35(36)28-42(45)43-30-44-41-19-11-12-20-47(41)50(48(44)31-46(43)49)40-23-21-34(22-24-40)39-26-37(32-13-5-3-6-14-32)25-38(27-39)33-15-7-4-8-16-33/h3-31H,1-2H3. The summed E-state index contributed by atoms with van der Waals surface area (Å²) >= 11 is 0. The van der Waals surface area contributed by atoms with E-state index < -0.39 is 0 Å². The molecule has 0 spiro atoms. The van der Waals surface area contributed by atoms with E-state index in [2.05, 4.69) is 194 Å². The van der Waals surface area contributed by atoms with E-state index in [1.165, 1.54) is 93.9 Å². The molecular weight excluding hydrogens is 603 g/mol. The molecule has 9 aromatic rings. The monoisotopic (exact) mass is 637 g/mol. The van der Waals surface area contributed by atoms with E-state index in [1.807, 2.05) is 0 Å². The number of hydrogen-bond acceptors (Lipinski definition) is 0. The minimum atomic E-state index is -0.103. The van der Waals surface area contributed by atoms with Crippen molar-refractivity contribution in [3.05, 3.63) is 187 Å². The quantitative estimate of drug-likeness (QED) is 0.181. The zero-order valence-corrected chi connectivity index (χ0v) is 28.2. The predicted octanol–water partition coefficient (Wildman–Crippen LogP) is 13.2. The fraction of sp³-hybridized carbons (Fsp3) is 0.0612. The van der Waals surface area contributed by atoms with Crippen molar-refractivity contribution < 1.29 is 0 Å². The first-order chi connectivity index (χ1) is 24.5. The van der Waals surface area contributed by atoms with Crippen LogP contribution in [-0.4, -0.2) is 4.57 Å². The molecule has 0 fully saturated rings. The predicted molar refractivity (Wildman–Crippen MR) is 212 cm³/mol. The number of para-hydroxylation sites is 1. The van der Waals surface area contributed by atoms with Crippen molar-refractivity contribution in [1.82, 2.24) is 4.57 Å². The van der Waals surface area contributed by atoms with Gasteiger partial charge in [0.2, 0.25) is 0 Å². The normalized spacial score (nSPS) is 13.2. The highest BCUT2D eigenvalue weighted by molar-refractivity contribution is 6.12. The average Bonchev–Trinajstić information content (AvgIpc) is 3.61. The second-order valence-electron chi connectivity index (χ2n) is 14.2. The minimum absolute atomic E-state index is 0.103. The highest BCUT2D eigenvalue weighted by Crippen LogP contribution is 2.52. The van der Waals surface area contributed by atoms with Gasteiger partial charge in [-0.2, -0.15) is 0 Å². The number of nitrogens with zero attached hydrogens (tertiary/aromatic N) is 1. The summed E-state index contributed by atoms with van der Waals surface area (Å²) in [5.74, 6) is 0. The Morgan fingerprint density at radius 2 is 0.860 bits per heavy atom. The highest BCUT2D eigenvalue weighted by atomic mass is 15.0. The molecule has 1 heterocycles. The fourth-order valence-corrected chi connectivity index (χ4v) is 8.35. The number of rotatable bonds is 4. The fourth-order valence-electron chi connectivity index (χ4n) is 8.35. The first-order valence-corrected chi connectivity index (χ1v) is 17.5. The molecule has 0 saturated carbocycles. The van der Waals surface area contributed by atoms with Crippen LogP contribution >= 0.6 is 0 Å². The van der Waals surface area contributed by atoms with Crippen LogP contribution in [0.1, 0.15) is 25.0 Å². The van der Waals surface area contributed by atoms with E-state index in [-0.39, 0.29) is 5.41 Å². The summed E-state index contributed by atoms with van der Waals surface area (Å²) in [5, 5.41) is 5.17. The third kappa shape index (κ3) is 4.40. The summed E-state index contributed by atoms with van der Waals surface area (Å²) in [6, 6.07) is 64.8. The van der Waals surface area contributed by atoms with Crippen molar-refractivity contribution in [3.8, 4) is 50.2 Å². The largest absolute Gasteiger partial charge is 0.309 e. The molecule has 0 bridgehead atoms. The lowest BCUT2D eigenvalue weighted by atomic mass is 9.81. The van der Waals surface area contributed by atoms with Crippen molar-refractivity contribution in [2.75, 3.05) is 0 Å². The third-order valence-corrected chi connectivity index (χ3v) is 10.9. The van der Waals surface area contributed by atoms with Gasteiger partial charge in [-0.05, 0) is 127 Å². The molecule has 0 aliphatic heterocycles. The molecule has 1 heteroatoms. The van der Waals surface area contributed by atoms with Crippen LogP contribution in [0.2, 0.25) is 0 Å². The van der Waals surface area contributed by atoms with Gasteiger partial charge >= 0.3 is 0 Å². The van der Waals surface area contributed by atoms with Crippen molar-refractivity contribution in [3.63, 3.8) is 0 Å². The first kappa shape index (κ1) is 28.8. The molecule has 0 N–H and O–H groups in total. The van der Waals surface area contributed by atoms with Crippen LogP contribution in [0.3, 0.4) is 0 Å². The maximum Gasteiger partial charge on any atom is 0.0544 e. The topological polar surface area (TPSA) is 4.93 Å². The molecule has 1 aliphatic carbocycles. The summed E-state index contributed by atoms with van der Waals surface area (Å²) in [4.78, 5) is 0. The Morgan fingerprint density at radius 1 is 0.360 bits per heavy atom. The van der Waals surface area contributed by atoms with Crippen LogP contribution in [0.15, 0.2) is 176 Å². The molecule has 10 rings (SSSR count). The van der Waals surface area contributed by atoms with E-state index in [9.17, 15) is 0 Å². The maximum absolute atomic E-state index is 2.47. The van der Waals surface area contributed by atoms with Crippen LogP contribution in [-0.2, 0) is 5.41 Å². The van der Waals surface area contributed by atoms with Crippen LogP contribution in [0, 0.1) is 0 Å². The zero-order valence-electron chi connectivity index (χ0n) is 28.2. The third-order valence-electron chi connectivity index (χ3n) is 10.9. The molecule has 1 aromatic heterocycles. The molecule has 1 nitrogen and oxygen atoms in total. The van der Waals surface area contributed by atoms with Gasteiger partial charge in [-0.15, -0.1) is 0 Å². The van der Waals surface area contributed by atoms with Gasteiger partial charge in [0.05, 0.1) is 11.0 Å². The van der Waals surface area contributed by atoms with Crippen LogP contribution in [0.4, 0.5) is 0 Å². The van der Waals surface area contributed by atoms with E-state index in [1.54, 1.807) is 0 Å². The lowest BCUT2D eigenvalue weighted by Crippen LogP contribution is -2.15. The number of hydrogen-bond donors (Lipinski definition) is 0. The van der Waals surface area contributed by atoms with Crippen LogP contribution in [0.5, 0.6) is 0 Å². The van der Waals surface area contributed by atoms with Crippen molar-refractivity contribution in [2.45, 2.75) is 19.3 Å². The van der Waals surface area contributed by atoms with Gasteiger partial charge in [0.25, 0.3) is 0 Å². The molecule has 0 unspecified atom stereocenters. The van der Waals surface area contributed by atoms with Gasteiger partial charge in [-0.3, -0.25) is 0 Å². The van der Waals surface area contributed by atoms with E-state index >= 15 is 0 Å². The van der Waals surface area contributed by atoms with Crippen molar-refractivity contribution in [1.29, 1.82) is 0 Å². The smallest absolute Gasteiger partial charge is 0.0544 e. The number of benzene rings is 8. The summed E-state index contributed by atoms with van der Waals surface area (Å²) in [6.07, 6.45) is 0. The molecule has 0 atom stereocenters. The molecule has 50 heavy (non-hydrogen) atoms. The second-order valence-corrected chi connectivity index (χ2v) is 14.2. The first-order valence-electron chi connectivity index (χ1n) is 17.5.